The van der Waals surface area contributed by atoms with Gasteiger partial charge < -0.3 is 58.5 Å². The monoisotopic (exact) mass is 717 g/mol. The average molecular weight is 718 g/mol. The summed E-state index contributed by atoms with van der Waals surface area (Å²) in [6, 6.07) is -0.225. The minimum Gasteiger partial charge on any atom is -0.459 e. The lowest BCUT2D eigenvalue weighted by Gasteiger charge is -2.48. The van der Waals surface area contributed by atoms with Crippen molar-refractivity contribution in [2.24, 2.45) is 23.7 Å². The first-order valence-electron chi connectivity index (χ1n) is 18.6. The van der Waals surface area contributed by atoms with Gasteiger partial charge in [0.15, 0.2) is 12.6 Å². The van der Waals surface area contributed by atoms with Gasteiger partial charge in [0.25, 0.3) is 0 Å². The first kappa shape index (κ1) is 41.8. The lowest BCUT2D eigenvalue weighted by molar-refractivity contribution is -0.318. The molecule has 0 saturated carbocycles. The van der Waals surface area contributed by atoms with Gasteiger partial charge in [0.1, 0.15) is 23.9 Å². The van der Waals surface area contributed by atoms with Crippen molar-refractivity contribution in [2.45, 2.75) is 185 Å². The van der Waals surface area contributed by atoms with Crippen molar-refractivity contribution in [3.63, 3.8) is 0 Å². The Labute approximate surface area is 299 Å². The SMILES string of the molecule is CC[C@H]1OC(=O)[C@H](C)[C@@H](O[C@H]2C[C@@](C)(OC)[C@@H](O)[C@H](C)O2)[C@H](C)[C@@H](O[C@@H]2O[C@H](C)C[C@H](N(C)C)[C@H]2O)[C@@]2(C)C[C@@H](C)[C@@H](O2)[C@H](C)[C@@H](O)[C@]1(C)O. The van der Waals surface area contributed by atoms with Crippen molar-refractivity contribution in [1.29, 1.82) is 0 Å². The number of aliphatic hydroxyl groups excluding tert-OH is 3. The highest BCUT2D eigenvalue weighted by Crippen LogP contribution is 2.48. The molecule has 0 radical (unpaired) electrons. The molecule has 4 aliphatic rings. The maximum Gasteiger partial charge on any atom is 0.311 e. The molecule has 13 nitrogen and oxygen atoms in total. The summed E-state index contributed by atoms with van der Waals surface area (Å²) in [4.78, 5) is 16.1. The van der Waals surface area contributed by atoms with E-state index in [0.29, 0.717) is 12.8 Å². The van der Waals surface area contributed by atoms with Crippen LogP contribution in [-0.2, 0) is 38.0 Å². The van der Waals surface area contributed by atoms with E-state index in [1.165, 1.54) is 14.0 Å². The van der Waals surface area contributed by atoms with Crippen LogP contribution in [-0.4, -0.2) is 143 Å². The topological polar surface area (TPSA) is 166 Å². The van der Waals surface area contributed by atoms with E-state index in [9.17, 15) is 25.2 Å². The van der Waals surface area contributed by atoms with E-state index in [-0.39, 0.29) is 30.9 Å². The van der Waals surface area contributed by atoms with Crippen LogP contribution in [0.4, 0.5) is 0 Å². The maximum absolute atomic E-state index is 14.1. The van der Waals surface area contributed by atoms with E-state index < -0.39 is 102 Å². The maximum atomic E-state index is 14.1. The molecule has 50 heavy (non-hydrogen) atoms. The molecule has 4 aliphatic heterocycles. The number of likely N-dealkylation sites (N-methyl/N-ethyl adjacent to an activating group) is 1. The Bertz CT molecular complexity index is 1140. The molecule has 19 atom stereocenters. The summed E-state index contributed by atoms with van der Waals surface area (Å²) in [5.41, 5.74) is -3.76. The van der Waals surface area contributed by atoms with Gasteiger partial charge in [0, 0.05) is 31.4 Å². The van der Waals surface area contributed by atoms with Gasteiger partial charge in [-0.15, -0.1) is 0 Å². The fourth-order valence-corrected chi connectivity index (χ4v) is 9.20. The molecule has 4 rings (SSSR count). The molecular formula is C37H67NO12. The van der Waals surface area contributed by atoms with Gasteiger partial charge in [-0.3, -0.25) is 4.79 Å². The number of carbonyl (C=O) groups is 1. The minimum absolute atomic E-state index is 0.0572. The minimum atomic E-state index is -1.78. The first-order valence-corrected chi connectivity index (χ1v) is 18.6. The number of rotatable bonds is 7. The highest BCUT2D eigenvalue weighted by Gasteiger charge is 2.58. The van der Waals surface area contributed by atoms with Gasteiger partial charge in [-0.2, -0.15) is 0 Å². The zero-order valence-corrected chi connectivity index (χ0v) is 32.6. The quantitative estimate of drug-likeness (QED) is 0.284. The van der Waals surface area contributed by atoms with Crippen LogP contribution in [0.25, 0.3) is 0 Å². The third kappa shape index (κ3) is 8.08. The standard InChI is InChI=1S/C37H67NO12/c1-14-25-37(10,43)30(40)20(4)28-18(2)16-36(9,50-28)32(49-34-27(39)24(38(11)12)15-19(3)45-34)21(5)29(22(6)33(42)47-25)48-26-17-35(8,44-13)31(41)23(7)46-26/h18-32,34,39-41,43H,14-17H2,1-13H3/t18-,19-,20+,21+,22-,23+,24+,25-,26+,27-,28-,29+,30-,31+,32-,34+,35-,36-,37-/m1/s1. The summed E-state index contributed by atoms with van der Waals surface area (Å²) < 4.78 is 44.8. The van der Waals surface area contributed by atoms with Crippen molar-refractivity contribution >= 4 is 5.97 Å². The first-order chi connectivity index (χ1) is 23.1. The van der Waals surface area contributed by atoms with Crippen LogP contribution in [0, 0.1) is 23.7 Å². The number of hydrogen-bond acceptors (Lipinski definition) is 13. The predicted molar refractivity (Wildman–Crippen MR) is 184 cm³/mol. The number of carbonyl (C=O) groups excluding carboxylic acids is 1. The molecule has 0 amide bonds. The summed E-state index contributed by atoms with van der Waals surface area (Å²) in [6.07, 6.45) is -7.51. The van der Waals surface area contributed by atoms with Crippen molar-refractivity contribution in [1.82, 2.24) is 4.90 Å². The smallest absolute Gasteiger partial charge is 0.311 e. The lowest BCUT2D eigenvalue weighted by Crippen LogP contribution is -2.60. The highest BCUT2D eigenvalue weighted by atomic mass is 16.7. The zero-order chi connectivity index (χ0) is 37.7. The van der Waals surface area contributed by atoms with E-state index >= 15 is 0 Å². The zero-order valence-electron chi connectivity index (χ0n) is 32.6. The van der Waals surface area contributed by atoms with Gasteiger partial charge in [-0.05, 0) is 80.8 Å². The number of fused-ring (bicyclic) bond motifs is 2. The summed E-state index contributed by atoms with van der Waals surface area (Å²) >= 11 is 0. The molecule has 2 bridgehead atoms. The van der Waals surface area contributed by atoms with Crippen molar-refractivity contribution < 1.29 is 58.4 Å². The number of ether oxygens (including phenoxy) is 7. The second kappa shape index (κ2) is 15.8. The van der Waals surface area contributed by atoms with Crippen molar-refractivity contribution in [2.75, 3.05) is 21.2 Å². The molecular weight excluding hydrogens is 650 g/mol. The Hall–Kier alpha value is -0.970. The fraction of sp³-hybridized carbons (Fsp3) is 0.973. The number of nitrogens with zero attached hydrogens (tertiary/aromatic N) is 1. The van der Waals surface area contributed by atoms with Crippen LogP contribution in [0.15, 0.2) is 0 Å². The van der Waals surface area contributed by atoms with Crippen molar-refractivity contribution in [3.8, 4) is 0 Å². The molecule has 4 fully saturated rings. The van der Waals surface area contributed by atoms with Gasteiger partial charge in [0.05, 0.1) is 53.7 Å². The normalized spacial score (nSPS) is 52.6. The summed E-state index contributed by atoms with van der Waals surface area (Å²) in [7, 11) is 5.36. The molecule has 0 unspecified atom stereocenters. The Morgan fingerprint density at radius 2 is 1.56 bits per heavy atom. The van der Waals surface area contributed by atoms with Gasteiger partial charge in [-0.25, -0.2) is 0 Å². The number of hydrogen-bond donors (Lipinski definition) is 4. The molecule has 4 N–H and O–H groups in total. The van der Waals surface area contributed by atoms with Crippen LogP contribution in [0.5, 0.6) is 0 Å². The highest BCUT2D eigenvalue weighted by molar-refractivity contribution is 5.73. The van der Waals surface area contributed by atoms with Crippen LogP contribution >= 0.6 is 0 Å². The number of esters is 1. The molecule has 0 aromatic carbocycles. The van der Waals surface area contributed by atoms with E-state index in [4.69, 9.17) is 33.2 Å². The lowest BCUT2D eigenvalue weighted by atomic mass is 9.76. The van der Waals surface area contributed by atoms with Crippen LogP contribution in [0.1, 0.15) is 94.9 Å². The molecule has 0 aliphatic carbocycles. The van der Waals surface area contributed by atoms with E-state index in [2.05, 4.69) is 6.92 Å². The fourth-order valence-electron chi connectivity index (χ4n) is 9.20. The number of aliphatic hydroxyl groups is 4. The molecule has 4 saturated heterocycles. The number of cyclic esters (lactones) is 1. The predicted octanol–water partition coefficient (Wildman–Crippen LogP) is 2.62. The van der Waals surface area contributed by atoms with Gasteiger partial charge in [-0.1, -0.05) is 27.7 Å². The van der Waals surface area contributed by atoms with E-state index in [1.807, 2.05) is 46.7 Å². The molecule has 0 spiro atoms. The third-order valence-corrected chi connectivity index (χ3v) is 12.4. The Kier molecular flexibility index (Phi) is 13.2. The average Bonchev–Trinajstić information content (AvgIpc) is 3.37. The van der Waals surface area contributed by atoms with Crippen molar-refractivity contribution in [3.05, 3.63) is 0 Å². The van der Waals surface area contributed by atoms with E-state index in [0.717, 1.165) is 0 Å². The second-order valence-electron chi connectivity index (χ2n) is 16.8. The summed E-state index contributed by atoms with van der Waals surface area (Å²) in [5.74, 6) is -2.72. The Morgan fingerprint density at radius 1 is 0.920 bits per heavy atom. The number of methoxy groups -OCH3 is 1. The Morgan fingerprint density at radius 3 is 2.14 bits per heavy atom. The summed E-state index contributed by atoms with van der Waals surface area (Å²) in [6.45, 7) is 18.3. The Balaban J connectivity index is 1.83. The van der Waals surface area contributed by atoms with Crippen LogP contribution in [0.3, 0.4) is 0 Å². The molecule has 0 aromatic heterocycles. The summed E-state index contributed by atoms with van der Waals surface area (Å²) in [5, 5.41) is 45.9. The molecule has 292 valence electrons. The largest absolute Gasteiger partial charge is 0.459 e. The van der Waals surface area contributed by atoms with Gasteiger partial charge in [0.2, 0.25) is 0 Å². The third-order valence-electron chi connectivity index (χ3n) is 12.4. The molecule has 4 heterocycles. The van der Waals surface area contributed by atoms with Gasteiger partial charge >= 0.3 is 5.97 Å². The molecule has 0 aromatic rings. The van der Waals surface area contributed by atoms with Crippen LogP contribution in [0.2, 0.25) is 0 Å². The van der Waals surface area contributed by atoms with Crippen LogP contribution < -0.4 is 0 Å². The van der Waals surface area contributed by atoms with E-state index in [1.54, 1.807) is 27.7 Å². The molecule has 13 heteroatoms. The second-order valence-corrected chi connectivity index (χ2v) is 16.8.